The van der Waals surface area contributed by atoms with Gasteiger partial charge in [0.25, 0.3) is 0 Å². The number of carboxylic acid groups (broad SMARTS) is 1. The first-order valence-corrected chi connectivity index (χ1v) is 3.95. The minimum absolute atomic E-state index is 0.347. The minimum Gasteiger partial charge on any atom is -0.481 e. The fourth-order valence-electron chi connectivity index (χ4n) is 1.77. The van der Waals surface area contributed by atoms with Crippen LogP contribution in [0.1, 0.15) is 39.0 Å². The molecule has 0 aliphatic heterocycles. The smallest absolute Gasteiger partial charge is 0.309 e. The summed E-state index contributed by atoms with van der Waals surface area (Å²) >= 11 is 0. The lowest BCUT2D eigenvalue weighted by Crippen LogP contribution is -2.26. The predicted molar refractivity (Wildman–Crippen MR) is 38.8 cm³/mol. The van der Waals surface area contributed by atoms with Crippen LogP contribution in [-0.2, 0) is 4.79 Å². The zero-order chi connectivity index (χ0) is 7.61. The molecule has 1 fully saturated rings. The van der Waals surface area contributed by atoms with Crippen molar-refractivity contribution in [2.45, 2.75) is 39.0 Å². The maximum Gasteiger partial charge on any atom is 0.309 e. The van der Waals surface area contributed by atoms with Gasteiger partial charge in [-0.15, -0.1) is 0 Å². The summed E-state index contributed by atoms with van der Waals surface area (Å²) in [4.78, 5) is 10.8. The number of carboxylic acids is 1. The second-order valence-electron chi connectivity index (χ2n) is 3.15. The maximum atomic E-state index is 10.8. The van der Waals surface area contributed by atoms with Gasteiger partial charge in [0.05, 0.1) is 5.41 Å². The van der Waals surface area contributed by atoms with Gasteiger partial charge >= 0.3 is 5.97 Å². The van der Waals surface area contributed by atoms with Gasteiger partial charge in [-0.1, -0.05) is 19.8 Å². The molecule has 0 saturated heterocycles. The van der Waals surface area contributed by atoms with E-state index in [0.29, 0.717) is 0 Å². The molecule has 1 rings (SSSR count). The van der Waals surface area contributed by atoms with Crippen LogP contribution in [0.4, 0.5) is 0 Å². The Kier molecular flexibility index (Phi) is 1.97. The van der Waals surface area contributed by atoms with Gasteiger partial charge in [0.1, 0.15) is 0 Å². The zero-order valence-electron chi connectivity index (χ0n) is 6.39. The lowest BCUT2D eigenvalue weighted by atomic mass is 9.84. The van der Waals surface area contributed by atoms with E-state index in [9.17, 15) is 4.79 Å². The van der Waals surface area contributed by atoms with Crippen molar-refractivity contribution in [3.05, 3.63) is 0 Å². The fourth-order valence-corrected chi connectivity index (χ4v) is 1.77. The van der Waals surface area contributed by atoms with E-state index in [-0.39, 0.29) is 5.41 Å². The second-order valence-corrected chi connectivity index (χ2v) is 3.15. The molecule has 0 radical (unpaired) electrons. The van der Waals surface area contributed by atoms with Crippen LogP contribution in [0.15, 0.2) is 0 Å². The van der Waals surface area contributed by atoms with E-state index in [2.05, 4.69) is 0 Å². The highest BCUT2D eigenvalue weighted by Gasteiger charge is 2.39. The molecule has 10 heavy (non-hydrogen) atoms. The summed E-state index contributed by atoms with van der Waals surface area (Å²) in [7, 11) is 0. The Hall–Kier alpha value is -0.530. The van der Waals surface area contributed by atoms with Crippen LogP contribution >= 0.6 is 0 Å². The molecule has 0 unspecified atom stereocenters. The molecule has 0 heterocycles. The highest BCUT2D eigenvalue weighted by molar-refractivity contribution is 5.74. The van der Waals surface area contributed by atoms with Crippen LogP contribution < -0.4 is 0 Å². The molecule has 1 aliphatic rings. The van der Waals surface area contributed by atoms with Crippen LogP contribution in [-0.4, -0.2) is 11.1 Å². The molecule has 0 aromatic carbocycles. The number of rotatable bonds is 2. The summed E-state index contributed by atoms with van der Waals surface area (Å²) in [5.41, 5.74) is -0.347. The third-order valence-electron chi connectivity index (χ3n) is 2.69. The van der Waals surface area contributed by atoms with Crippen LogP contribution in [0.2, 0.25) is 0 Å². The highest BCUT2D eigenvalue weighted by Crippen LogP contribution is 2.40. The van der Waals surface area contributed by atoms with Crippen molar-refractivity contribution in [1.82, 2.24) is 0 Å². The van der Waals surface area contributed by atoms with Crippen LogP contribution in [0.5, 0.6) is 0 Å². The lowest BCUT2D eigenvalue weighted by Gasteiger charge is -2.20. The first-order valence-electron chi connectivity index (χ1n) is 3.95. The Balaban J connectivity index is 2.67. The van der Waals surface area contributed by atoms with E-state index < -0.39 is 5.97 Å². The summed E-state index contributed by atoms with van der Waals surface area (Å²) < 4.78 is 0. The molecule has 58 valence electrons. The molecule has 0 amide bonds. The Bertz CT molecular complexity index is 134. The Labute approximate surface area is 61.2 Å². The average Bonchev–Trinajstić information content (AvgIpc) is 2.35. The largest absolute Gasteiger partial charge is 0.481 e. The van der Waals surface area contributed by atoms with Crippen molar-refractivity contribution in [3.8, 4) is 0 Å². The quantitative estimate of drug-likeness (QED) is 0.640. The topological polar surface area (TPSA) is 37.3 Å². The Morgan fingerprint density at radius 2 is 2.00 bits per heavy atom. The molecule has 0 bridgehead atoms. The van der Waals surface area contributed by atoms with Crippen molar-refractivity contribution in [2.24, 2.45) is 5.41 Å². The van der Waals surface area contributed by atoms with Crippen molar-refractivity contribution in [3.63, 3.8) is 0 Å². The van der Waals surface area contributed by atoms with Crippen LogP contribution in [0.25, 0.3) is 0 Å². The van der Waals surface area contributed by atoms with E-state index in [4.69, 9.17) is 5.11 Å². The van der Waals surface area contributed by atoms with E-state index in [0.717, 1.165) is 32.1 Å². The molecule has 1 saturated carbocycles. The van der Waals surface area contributed by atoms with Crippen molar-refractivity contribution in [1.29, 1.82) is 0 Å². The minimum atomic E-state index is -0.590. The fraction of sp³-hybridized carbons (Fsp3) is 0.875. The van der Waals surface area contributed by atoms with Gasteiger partial charge in [-0.25, -0.2) is 0 Å². The molecular weight excluding hydrogens is 128 g/mol. The van der Waals surface area contributed by atoms with Gasteiger partial charge in [0.2, 0.25) is 0 Å². The monoisotopic (exact) mass is 142 g/mol. The Morgan fingerprint density at radius 3 is 2.20 bits per heavy atom. The third kappa shape index (κ3) is 1.02. The molecule has 2 nitrogen and oxygen atoms in total. The molecule has 0 spiro atoms. The molecule has 0 aromatic rings. The molecule has 0 atom stereocenters. The van der Waals surface area contributed by atoms with Gasteiger partial charge in [-0.05, 0) is 19.3 Å². The van der Waals surface area contributed by atoms with Crippen molar-refractivity contribution in [2.75, 3.05) is 0 Å². The summed E-state index contributed by atoms with van der Waals surface area (Å²) in [5, 5.41) is 8.86. The second kappa shape index (κ2) is 2.60. The molecule has 1 N–H and O–H groups in total. The van der Waals surface area contributed by atoms with Gasteiger partial charge in [0.15, 0.2) is 0 Å². The molecule has 1 aliphatic carbocycles. The van der Waals surface area contributed by atoms with E-state index >= 15 is 0 Å². The number of aliphatic carboxylic acids is 1. The zero-order valence-corrected chi connectivity index (χ0v) is 6.39. The van der Waals surface area contributed by atoms with Crippen LogP contribution in [0.3, 0.4) is 0 Å². The van der Waals surface area contributed by atoms with E-state index in [1.807, 2.05) is 6.92 Å². The summed E-state index contributed by atoms with van der Waals surface area (Å²) in [6, 6.07) is 0. The van der Waals surface area contributed by atoms with Gasteiger partial charge < -0.3 is 5.11 Å². The van der Waals surface area contributed by atoms with Crippen LogP contribution in [0, 0.1) is 5.41 Å². The molecule has 0 aromatic heterocycles. The number of hydrogen-bond acceptors (Lipinski definition) is 1. The van der Waals surface area contributed by atoms with Crippen molar-refractivity contribution < 1.29 is 9.90 Å². The normalized spacial score (nSPS) is 22.9. The Morgan fingerprint density at radius 1 is 1.50 bits per heavy atom. The van der Waals surface area contributed by atoms with E-state index in [1.54, 1.807) is 0 Å². The van der Waals surface area contributed by atoms with Gasteiger partial charge in [0, 0.05) is 0 Å². The number of carbonyl (C=O) groups is 1. The van der Waals surface area contributed by atoms with Gasteiger partial charge in [-0.2, -0.15) is 0 Å². The average molecular weight is 142 g/mol. The summed E-state index contributed by atoms with van der Waals surface area (Å²) in [6.07, 6.45) is 4.76. The lowest BCUT2D eigenvalue weighted by molar-refractivity contribution is -0.148. The highest BCUT2D eigenvalue weighted by atomic mass is 16.4. The van der Waals surface area contributed by atoms with Crippen molar-refractivity contribution >= 4 is 5.97 Å². The molecular formula is C8H14O2. The van der Waals surface area contributed by atoms with E-state index in [1.165, 1.54) is 0 Å². The van der Waals surface area contributed by atoms with Gasteiger partial charge in [-0.3, -0.25) is 4.79 Å². The summed E-state index contributed by atoms with van der Waals surface area (Å²) in [5.74, 6) is -0.590. The maximum absolute atomic E-state index is 10.8. The number of hydrogen-bond donors (Lipinski definition) is 1. The summed E-state index contributed by atoms with van der Waals surface area (Å²) in [6.45, 7) is 1.97. The first kappa shape index (κ1) is 7.58. The first-order chi connectivity index (χ1) is 4.71. The third-order valence-corrected chi connectivity index (χ3v) is 2.69. The predicted octanol–water partition coefficient (Wildman–Crippen LogP) is 2.04. The standard InChI is InChI=1S/C8H14O2/c1-2-8(7(9)10)5-3-4-6-8/h2-6H2,1H3,(H,9,10). The SMILES string of the molecule is CCC1(C(=O)O)CCCC1. The molecule has 2 heteroatoms.